The number of hydrogen-bond donors (Lipinski definition) is 7. The second kappa shape index (κ2) is 21.6. The van der Waals surface area contributed by atoms with E-state index in [-0.39, 0.29) is 18.9 Å². The Balaban J connectivity index is 1.72. The van der Waals surface area contributed by atoms with E-state index in [0.29, 0.717) is 29.2 Å². The van der Waals surface area contributed by atoms with Crippen LogP contribution >= 0.6 is 0 Å². The first-order valence-electron chi connectivity index (χ1n) is 17.9. The number of aliphatic carboxylic acids is 2. The summed E-state index contributed by atoms with van der Waals surface area (Å²) in [6, 6.07) is 11.3. The molecule has 0 aromatic heterocycles. The van der Waals surface area contributed by atoms with E-state index in [0.717, 1.165) is 31.1 Å². The number of carbonyl (C=O) groups excluding carboxylic acids is 6. The number of carboxylic acids is 2. The maximum atomic E-state index is 13.5. The van der Waals surface area contributed by atoms with Gasteiger partial charge in [0.15, 0.2) is 0 Å². The van der Waals surface area contributed by atoms with Crippen LogP contribution in [0.2, 0.25) is 0 Å². The summed E-state index contributed by atoms with van der Waals surface area (Å²) in [7, 11) is 0. The summed E-state index contributed by atoms with van der Waals surface area (Å²) in [5.41, 5.74) is 4.33. The first kappa shape index (κ1) is 44.1. The zero-order valence-corrected chi connectivity index (χ0v) is 31.3. The molecule has 7 N–H and O–H groups in total. The van der Waals surface area contributed by atoms with Gasteiger partial charge in [-0.25, -0.2) is 9.80 Å². The number of nitrogens with zero attached hydrogens (tertiary/aromatic N) is 2. The van der Waals surface area contributed by atoms with E-state index >= 15 is 0 Å². The molecule has 4 unspecified atom stereocenters. The molecule has 4 atom stereocenters. The van der Waals surface area contributed by atoms with E-state index in [1.807, 2.05) is 17.6 Å². The molecular weight excluding hydrogens is 732 g/mol. The molecule has 0 saturated carbocycles. The number of aryl methyl sites for hydroxylation is 1. The van der Waals surface area contributed by atoms with Crippen molar-refractivity contribution in [3.63, 3.8) is 0 Å². The van der Waals surface area contributed by atoms with Crippen LogP contribution in [0.1, 0.15) is 57.6 Å². The van der Waals surface area contributed by atoms with E-state index in [9.17, 15) is 53.7 Å². The number of para-hydroxylation sites is 1. The number of amides is 6. The van der Waals surface area contributed by atoms with Gasteiger partial charge in [-0.05, 0) is 55.7 Å². The molecule has 1 aliphatic rings. The summed E-state index contributed by atoms with van der Waals surface area (Å²) in [4.78, 5) is 103. The average molecular weight is 781 g/mol. The van der Waals surface area contributed by atoms with Gasteiger partial charge in [0.1, 0.15) is 31.3 Å². The molecule has 56 heavy (non-hydrogen) atoms. The Morgan fingerprint density at radius 1 is 0.821 bits per heavy atom. The van der Waals surface area contributed by atoms with Crippen molar-refractivity contribution in [3.05, 3.63) is 77.9 Å². The highest BCUT2D eigenvalue weighted by molar-refractivity contribution is 6.06. The molecule has 1 aliphatic heterocycles. The van der Waals surface area contributed by atoms with Gasteiger partial charge >= 0.3 is 18.0 Å². The Labute approximate surface area is 323 Å². The lowest BCUT2D eigenvalue weighted by atomic mass is 10.0. The number of nitrogens with one attached hydrogen (secondary N) is 4. The van der Waals surface area contributed by atoms with Gasteiger partial charge in [0.2, 0.25) is 11.8 Å². The number of ether oxygens (including phenoxy) is 1. The van der Waals surface area contributed by atoms with Crippen LogP contribution in [0, 0.1) is 5.92 Å². The van der Waals surface area contributed by atoms with Crippen LogP contribution < -0.4 is 26.3 Å². The lowest BCUT2D eigenvalue weighted by Crippen LogP contribution is -2.61. The highest BCUT2D eigenvalue weighted by Gasteiger charge is 2.34. The number of benzene rings is 2. The molecule has 302 valence electrons. The number of hydrogen-bond acceptors (Lipinski definition) is 10. The smallest absolute Gasteiger partial charge is 0.408 e. The minimum Gasteiger partial charge on any atom is -0.481 e. The number of alkyl carbamates (subject to hydrolysis) is 1. The number of fused-ring (bicyclic) bond motifs is 1. The van der Waals surface area contributed by atoms with Gasteiger partial charge < -0.3 is 40.9 Å². The molecule has 0 saturated heterocycles. The minimum absolute atomic E-state index is 0.0906. The summed E-state index contributed by atoms with van der Waals surface area (Å²) in [5.74, 6) is -7.92. The van der Waals surface area contributed by atoms with Crippen LogP contribution in [0.25, 0.3) is 0 Å². The fourth-order valence-corrected chi connectivity index (χ4v) is 5.67. The first-order valence-corrected chi connectivity index (χ1v) is 17.9. The average Bonchev–Trinajstić information content (AvgIpc) is 3.15. The van der Waals surface area contributed by atoms with Gasteiger partial charge in [-0.3, -0.25) is 39.0 Å². The number of aliphatic hydroxyl groups excluding tert-OH is 1. The Bertz CT molecular complexity index is 1770. The molecule has 2 aromatic carbocycles. The minimum atomic E-state index is -1.86. The van der Waals surface area contributed by atoms with Gasteiger partial charge in [0, 0.05) is 30.8 Å². The van der Waals surface area contributed by atoms with E-state index < -0.39 is 91.2 Å². The van der Waals surface area contributed by atoms with Crippen LogP contribution in [-0.2, 0) is 51.3 Å². The van der Waals surface area contributed by atoms with Gasteiger partial charge in [-0.1, -0.05) is 62.4 Å². The fourth-order valence-electron chi connectivity index (χ4n) is 5.67. The quantitative estimate of drug-likeness (QED) is 0.0827. The number of aliphatic hydroxyl groups is 1. The van der Waals surface area contributed by atoms with Crippen molar-refractivity contribution in [2.75, 3.05) is 18.0 Å². The number of rotatable bonds is 18. The Morgan fingerprint density at radius 2 is 1.48 bits per heavy atom. The number of carbonyl (C=O) groups is 8. The molecule has 0 spiro atoms. The van der Waals surface area contributed by atoms with E-state index in [2.05, 4.69) is 16.0 Å². The lowest BCUT2D eigenvalue weighted by Gasteiger charge is -2.29. The van der Waals surface area contributed by atoms with E-state index in [1.54, 1.807) is 56.3 Å². The predicted octanol–water partition coefficient (Wildman–Crippen LogP) is 1.02. The number of anilines is 1. The number of hydrazine groups is 1. The van der Waals surface area contributed by atoms with Gasteiger partial charge in [-0.15, -0.1) is 0 Å². The highest BCUT2D eigenvalue weighted by Crippen LogP contribution is 2.26. The normalized spacial score (nSPS) is 14.3. The van der Waals surface area contributed by atoms with Crippen molar-refractivity contribution in [2.24, 2.45) is 5.92 Å². The molecule has 0 aliphatic carbocycles. The summed E-state index contributed by atoms with van der Waals surface area (Å²) < 4.78 is 5.22. The third kappa shape index (κ3) is 14.2. The van der Waals surface area contributed by atoms with Crippen molar-refractivity contribution in [3.8, 4) is 0 Å². The molecule has 0 radical (unpaired) electrons. The molecule has 3 rings (SSSR count). The second-order valence-corrected chi connectivity index (χ2v) is 13.5. The van der Waals surface area contributed by atoms with Crippen molar-refractivity contribution >= 4 is 53.3 Å². The molecule has 0 fully saturated rings. The zero-order valence-electron chi connectivity index (χ0n) is 31.3. The Kier molecular flexibility index (Phi) is 17.0. The SMILES string of the molecule is CC(C)CC(NC(=O)OCc1ccccc1)C(=O)NC(CCC(=O)O)C(=O)NC(C(=O)NN(CC(=O)O)C(=O)/C=C/C(=O)N1CCCc2ccccc21)C(C)O. The molecule has 18 heteroatoms. The largest absolute Gasteiger partial charge is 0.481 e. The maximum absolute atomic E-state index is 13.5. The van der Waals surface area contributed by atoms with Crippen LogP contribution in [0.3, 0.4) is 0 Å². The van der Waals surface area contributed by atoms with Crippen molar-refractivity contribution in [1.82, 2.24) is 26.4 Å². The molecule has 0 bridgehead atoms. The zero-order chi connectivity index (χ0) is 41.4. The first-order chi connectivity index (χ1) is 26.5. The van der Waals surface area contributed by atoms with Gasteiger partial charge in [0.05, 0.1) is 6.10 Å². The van der Waals surface area contributed by atoms with Gasteiger partial charge in [-0.2, -0.15) is 0 Å². The summed E-state index contributed by atoms with van der Waals surface area (Å²) in [6.07, 6.45) is -0.440. The summed E-state index contributed by atoms with van der Waals surface area (Å²) >= 11 is 0. The Morgan fingerprint density at radius 3 is 2.12 bits per heavy atom. The molecular formula is C38H48N6O12. The summed E-state index contributed by atoms with van der Waals surface area (Å²) in [6.45, 7) is 3.87. The summed E-state index contributed by atoms with van der Waals surface area (Å²) in [5, 5.41) is 36.7. The van der Waals surface area contributed by atoms with Crippen molar-refractivity contribution in [1.29, 1.82) is 0 Å². The lowest BCUT2D eigenvalue weighted by molar-refractivity contribution is -0.149. The standard InChI is InChI=1S/C38H48N6O12/c1-23(2)20-28(40-38(55)56-22-25-10-5-4-6-11-25)36(53)39-27(15-18-32(48)49)35(52)41-34(24(3)45)37(54)42-44(21-33(50)51)31(47)17-16-30(46)43-19-9-13-26-12-7-8-14-29(26)43/h4-8,10-12,14,16-17,23-24,27-28,34,45H,9,13,15,18-22H2,1-3H3,(H,39,53)(H,40,55)(H,41,52)(H,42,54)(H,48,49)(H,50,51)/b17-16+. The second-order valence-electron chi connectivity index (χ2n) is 13.5. The molecule has 1 heterocycles. The third-order valence-electron chi connectivity index (χ3n) is 8.42. The molecule has 6 amide bonds. The van der Waals surface area contributed by atoms with Gasteiger partial charge in [0.25, 0.3) is 17.7 Å². The molecule has 2 aromatic rings. The van der Waals surface area contributed by atoms with Crippen LogP contribution in [0.15, 0.2) is 66.7 Å². The fraction of sp³-hybridized carbons (Fsp3) is 0.421. The van der Waals surface area contributed by atoms with E-state index in [4.69, 9.17) is 4.74 Å². The topological polar surface area (TPSA) is 261 Å². The monoisotopic (exact) mass is 780 g/mol. The van der Waals surface area contributed by atoms with Crippen molar-refractivity contribution < 1.29 is 58.4 Å². The maximum Gasteiger partial charge on any atom is 0.408 e. The molecule has 18 nitrogen and oxygen atoms in total. The Hall–Kier alpha value is -6.30. The van der Waals surface area contributed by atoms with E-state index in [1.165, 1.54) is 4.90 Å². The van der Waals surface area contributed by atoms with Crippen molar-refractivity contribution in [2.45, 2.75) is 83.7 Å². The highest BCUT2D eigenvalue weighted by atomic mass is 16.5. The van der Waals surface area contributed by atoms with Crippen LogP contribution in [0.4, 0.5) is 10.5 Å². The number of carboxylic acid groups (broad SMARTS) is 2. The predicted molar refractivity (Wildman–Crippen MR) is 199 cm³/mol. The van der Waals surface area contributed by atoms with Crippen LogP contribution in [0.5, 0.6) is 0 Å². The third-order valence-corrected chi connectivity index (χ3v) is 8.42. The van der Waals surface area contributed by atoms with Crippen LogP contribution in [-0.4, -0.2) is 105 Å².